The number of aromatic nitrogens is 2. The van der Waals surface area contributed by atoms with E-state index in [9.17, 15) is 0 Å². The predicted octanol–water partition coefficient (Wildman–Crippen LogP) is 0.344. The van der Waals surface area contributed by atoms with E-state index in [1.165, 1.54) is 5.56 Å². The van der Waals surface area contributed by atoms with E-state index in [4.69, 9.17) is 10.8 Å². The number of nitrogens with zero attached hydrogens (tertiary/aromatic N) is 2. The van der Waals surface area contributed by atoms with Crippen molar-refractivity contribution in [3.8, 4) is 0 Å². The molecule has 1 unspecified atom stereocenters. The summed E-state index contributed by atoms with van der Waals surface area (Å²) >= 11 is 0. The molecule has 0 saturated heterocycles. The van der Waals surface area contributed by atoms with Crippen LogP contribution in [0.15, 0.2) is 6.20 Å². The highest BCUT2D eigenvalue weighted by Crippen LogP contribution is 2.16. The highest BCUT2D eigenvalue weighted by Gasteiger charge is 2.15. The zero-order valence-electron chi connectivity index (χ0n) is 10.8. The number of unbranched alkanes of at least 4 members (excludes halogenated alkanes) is 1. The van der Waals surface area contributed by atoms with Crippen LogP contribution in [0.25, 0.3) is 0 Å². The molecule has 98 valence electrons. The largest absolute Gasteiger partial charge is 0.396 e. The molecule has 1 rings (SSSR count). The van der Waals surface area contributed by atoms with Crippen molar-refractivity contribution in [2.75, 3.05) is 19.7 Å². The number of hydrogen-bond acceptors (Lipinski definition) is 4. The zero-order valence-corrected chi connectivity index (χ0v) is 10.8. The molecule has 0 aliphatic rings. The average Bonchev–Trinajstić information content (AvgIpc) is 2.70. The predicted molar refractivity (Wildman–Crippen MR) is 68.7 cm³/mol. The number of rotatable bonds is 8. The fourth-order valence-electron chi connectivity index (χ4n) is 1.95. The van der Waals surface area contributed by atoms with Crippen LogP contribution >= 0.6 is 0 Å². The van der Waals surface area contributed by atoms with Crippen molar-refractivity contribution in [2.24, 2.45) is 12.8 Å². The van der Waals surface area contributed by atoms with Gasteiger partial charge in [0.25, 0.3) is 0 Å². The summed E-state index contributed by atoms with van der Waals surface area (Å²) in [5.74, 6) is 0. The Morgan fingerprint density at radius 1 is 1.53 bits per heavy atom. The van der Waals surface area contributed by atoms with E-state index in [2.05, 4.69) is 17.3 Å². The molecule has 1 heterocycles. The van der Waals surface area contributed by atoms with Gasteiger partial charge >= 0.3 is 0 Å². The summed E-state index contributed by atoms with van der Waals surface area (Å²) in [7, 11) is 1.93. The molecule has 1 atom stereocenters. The molecule has 17 heavy (non-hydrogen) atoms. The normalized spacial score (nSPS) is 12.9. The Kier molecular flexibility index (Phi) is 6.18. The summed E-state index contributed by atoms with van der Waals surface area (Å²) in [5.41, 5.74) is 8.11. The van der Waals surface area contributed by atoms with Gasteiger partial charge in [-0.1, -0.05) is 6.92 Å². The van der Waals surface area contributed by atoms with Gasteiger partial charge in [0, 0.05) is 38.0 Å². The molecule has 5 heteroatoms. The molecule has 0 fully saturated rings. The van der Waals surface area contributed by atoms with E-state index in [1.807, 2.05) is 17.9 Å². The van der Waals surface area contributed by atoms with Gasteiger partial charge in [0.15, 0.2) is 0 Å². The van der Waals surface area contributed by atoms with Gasteiger partial charge in [0.2, 0.25) is 0 Å². The van der Waals surface area contributed by atoms with Gasteiger partial charge < -0.3 is 16.2 Å². The van der Waals surface area contributed by atoms with Gasteiger partial charge in [-0.05, 0) is 25.8 Å². The minimum Gasteiger partial charge on any atom is -0.396 e. The Hall–Kier alpha value is -0.910. The third-order valence-electron chi connectivity index (χ3n) is 2.86. The number of nitrogens with two attached hydrogens (primary N) is 1. The maximum atomic E-state index is 8.73. The molecule has 0 aromatic carbocycles. The van der Waals surface area contributed by atoms with Crippen LogP contribution in [0.5, 0.6) is 0 Å². The molecule has 0 aliphatic carbocycles. The van der Waals surface area contributed by atoms with Crippen molar-refractivity contribution in [1.29, 1.82) is 0 Å². The smallest absolute Gasteiger partial charge is 0.0670 e. The molecule has 0 spiro atoms. The Morgan fingerprint density at radius 2 is 2.29 bits per heavy atom. The van der Waals surface area contributed by atoms with Crippen LogP contribution in [-0.4, -0.2) is 34.6 Å². The number of aliphatic hydroxyl groups excluding tert-OH is 1. The lowest BCUT2D eigenvalue weighted by Crippen LogP contribution is -2.29. The summed E-state index contributed by atoms with van der Waals surface area (Å²) in [6, 6.07) is 0.164. The van der Waals surface area contributed by atoms with E-state index in [1.54, 1.807) is 0 Å². The summed E-state index contributed by atoms with van der Waals surface area (Å²) in [6.45, 7) is 3.80. The molecule has 0 bridgehead atoms. The van der Waals surface area contributed by atoms with Crippen LogP contribution in [-0.2, 0) is 13.5 Å². The first-order valence-corrected chi connectivity index (χ1v) is 6.29. The van der Waals surface area contributed by atoms with Crippen molar-refractivity contribution < 1.29 is 5.11 Å². The maximum absolute atomic E-state index is 8.73. The molecule has 5 nitrogen and oxygen atoms in total. The van der Waals surface area contributed by atoms with Crippen LogP contribution < -0.4 is 11.1 Å². The monoisotopic (exact) mass is 240 g/mol. The van der Waals surface area contributed by atoms with Crippen molar-refractivity contribution in [1.82, 2.24) is 15.1 Å². The van der Waals surface area contributed by atoms with Crippen LogP contribution in [0.2, 0.25) is 0 Å². The molecule has 0 saturated carbocycles. The SMILES string of the molecule is CCc1nn(C)cc1C(CN)NCCCCO. The van der Waals surface area contributed by atoms with Crippen molar-refractivity contribution >= 4 is 0 Å². The lowest BCUT2D eigenvalue weighted by molar-refractivity contribution is 0.282. The maximum Gasteiger partial charge on any atom is 0.0670 e. The Labute approximate surface area is 103 Å². The van der Waals surface area contributed by atoms with E-state index >= 15 is 0 Å². The van der Waals surface area contributed by atoms with Crippen molar-refractivity contribution in [3.63, 3.8) is 0 Å². The number of hydrogen-bond donors (Lipinski definition) is 3. The van der Waals surface area contributed by atoms with E-state index < -0.39 is 0 Å². The summed E-state index contributed by atoms with van der Waals surface area (Å²) < 4.78 is 1.84. The summed E-state index contributed by atoms with van der Waals surface area (Å²) in [5, 5.41) is 16.6. The van der Waals surface area contributed by atoms with Gasteiger partial charge in [0.05, 0.1) is 5.69 Å². The lowest BCUT2D eigenvalue weighted by Gasteiger charge is -2.16. The highest BCUT2D eigenvalue weighted by molar-refractivity contribution is 5.21. The molecule has 0 aliphatic heterocycles. The van der Waals surface area contributed by atoms with Crippen LogP contribution in [0, 0.1) is 0 Å². The van der Waals surface area contributed by atoms with E-state index in [0.29, 0.717) is 6.54 Å². The summed E-state index contributed by atoms with van der Waals surface area (Å²) in [4.78, 5) is 0. The van der Waals surface area contributed by atoms with Crippen molar-refractivity contribution in [2.45, 2.75) is 32.2 Å². The number of aryl methyl sites for hydroxylation is 2. The molecule has 0 radical (unpaired) electrons. The van der Waals surface area contributed by atoms with Crippen LogP contribution in [0.1, 0.15) is 37.1 Å². The molecule has 1 aromatic heterocycles. The van der Waals surface area contributed by atoms with Crippen LogP contribution in [0.4, 0.5) is 0 Å². The first-order chi connectivity index (χ1) is 8.22. The Balaban J connectivity index is 2.59. The molecule has 0 amide bonds. The summed E-state index contributed by atoms with van der Waals surface area (Å²) in [6.07, 6.45) is 4.76. The third kappa shape index (κ3) is 4.11. The third-order valence-corrected chi connectivity index (χ3v) is 2.86. The molecule has 4 N–H and O–H groups in total. The Bertz CT molecular complexity index is 324. The second-order valence-corrected chi connectivity index (χ2v) is 4.23. The van der Waals surface area contributed by atoms with Gasteiger partial charge in [-0.3, -0.25) is 4.68 Å². The quantitative estimate of drug-likeness (QED) is 0.573. The van der Waals surface area contributed by atoms with E-state index in [-0.39, 0.29) is 12.6 Å². The van der Waals surface area contributed by atoms with E-state index in [0.717, 1.165) is 31.5 Å². The van der Waals surface area contributed by atoms with Gasteiger partial charge in [-0.25, -0.2) is 0 Å². The minimum atomic E-state index is 0.164. The molecule has 1 aromatic rings. The van der Waals surface area contributed by atoms with Gasteiger partial charge in [-0.2, -0.15) is 5.10 Å². The van der Waals surface area contributed by atoms with Gasteiger partial charge in [0.1, 0.15) is 0 Å². The zero-order chi connectivity index (χ0) is 12.7. The fourth-order valence-corrected chi connectivity index (χ4v) is 1.95. The standard InChI is InChI=1S/C12H24N4O/c1-3-11-10(9-16(2)15-11)12(8-13)14-6-4-5-7-17/h9,12,14,17H,3-8,13H2,1-2H3. The molecular formula is C12H24N4O. The lowest BCUT2D eigenvalue weighted by atomic mass is 10.1. The van der Waals surface area contributed by atoms with Crippen LogP contribution in [0.3, 0.4) is 0 Å². The molecular weight excluding hydrogens is 216 g/mol. The first-order valence-electron chi connectivity index (χ1n) is 6.29. The fraction of sp³-hybridized carbons (Fsp3) is 0.750. The topological polar surface area (TPSA) is 76.1 Å². The van der Waals surface area contributed by atoms with Crippen molar-refractivity contribution in [3.05, 3.63) is 17.5 Å². The first kappa shape index (κ1) is 14.2. The highest BCUT2D eigenvalue weighted by atomic mass is 16.2. The number of nitrogens with one attached hydrogen (secondary N) is 1. The van der Waals surface area contributed by atoms with Gasteiger partial charge in [-0.15, -0.1) is 0 Å². The second-order valence-electron chi connectivity index (χ2n) is 4.23. The second kappa shape index (κ2) is 7.42. The number of aliphatic hydroxyl groups is 1. The average molecular weight is 240 g/mol. The minimum absolute atomic E-state index is 0.164. The Morgan fingerprint density at radius 3 is 2.88 bits per heavy atom.